The van der Waals surface area contributed by atoms with Gasteiger partial charge >= 0.3 is 0 Å². The molecule has 3 unspecified atom stereocenters. The molecule has 2 heterocycles. The zero-order valence-corrected chi connectivity index (χ0v) is 9.30. The zero-order chi connectivity index (χ0) is 10.7. The zero-order valence-electron chi connectivity index (χ0n) is 9.30. The molecule has 2 fully saturated rings. The van der Waals surface area contributed by atoms with E-state index < -0.39 is 5.67 Å². The van der Waals surface area contributed by atoms with Gasteiger partial charge in [-0.05, 0) is 19.8 Å². The average Bonchev–Trinajstić information content (AvgIpc) is 2.71. The SMILES string of the molecule is CC(F)(CC1COCCN1)C1CCOC1. The molecule has 3 atom stereocenters. The van der Waals surface area contributed by atoms with Crippen LogP contribution in [0.1, 0.15) is 19.8 Å². The van der Waals surface area contributed by atoms with Crippen molar-refractivity contribution in [3.8, 4) is 0 Å². The predicted octanol–water partition coefficient (Wildman–Crippen LogP) is 1.13. The third kappa shape index (κ3) is 2.89. The maximum absolute atomic E-state index is 14.4. The highest BCUT2D eigenvalue weighted by Crippen LogP contribution is 2.33. The first-order chi connectivity index (χ1) is 7.18. The van der Waals surface area contributed by atoms with Crippen LogP contribution in [-0.2, 0) is 9.47 Å². The maximum atomic E-state index is 14.4. The van der Waals surface area contributed by atoms with E-state index in [1.54, 1.807) is 6.92 Å². The summed E-state index contributed by atoms with van der Waals surface area (Å²) in [5, 5.41) is 3.29. The Morgan fingerprint density at radius 3 is 2.73 bits per heavy atom. The van der Waals surface area contributed by atoms with Crippen molar-refractivity contribution >= 4 is 0 Å². The maximum Gasteiger partial charge on any atom is 0.114 e. The molecule has 2 aliphatic heterocycles. The van der Waals surface area contributed by atoms with E-state index in [0.29, 0.717) is 26.2 Å². The van der Waals surface area contributed by atoms with Gasteiger partial charge in [-0.3, -0.25) is 0 Å². The summed E-state index contributed by atoms with van der Waals surface area (Å²) in [7, 11) is 0. The van der Waals surface area contributed by atoms with E-state index >= 15 is 0 Å². The van der Waals surface area contributed by atoms with E-state index in [1.165, 1.54) is 0 Å². The summed E-state index contributed by atoms with van der Waals surface area (Å²) in [6.07, 6.45) is 1.38. The Labute approximate surface area is 90.3 Å². The van der Waals surface area contributed by atoms with Crippen molar-refractivity contribution in [1.82, 2.24) is 5.32 Å². The Morgan fingerprint density at radius 2 is 2.13 bits per heavy atom. The minimum absolute atomic E-state index is 0.0567. The summed E-state index contributed by atoms with van der Waals surface area (Å²) in [6.45, 7) is 5.18. The number of morpholine rings is 1. The summed E-state index contributed by atoms with van der Waals surface area (Å²) < 4.78 is 25.0. The molecule has 1 N–H and O–H groups in total. The van der Waals surface area contributed by atoms with E-state index in [0.717, 1.165) is 19.6 Å². The molecule has 2 aliphatic rings. The third-order valence-electron chi connectivity index (χ3n) is 3.42. The second kappa shape index (κ2) is 4.76. The van der Waals surface area contributed by atoms with Crippen molar-refractivity contribution in [2.75, 3.05) is 33.0 Å². The molecule has 4 heteroatoms. The molecule has 88 valence electrons. The van der Waals surface area contributed by atoms with Crippen molar-refractivity contribution in [3.05, 3.63) is 0 Å². The second-order valence-corrected chi connectivity index (χ2v) is 4.77. The summed E-state index contributed by atoms with van der Waals surface area (Å²) in [6, 6.07) is 0.161. The molecule has 0 bridgehead atoms. The molecule has 0 aromatic rings. The van der Waals surface area contributed by atoms with Gasteiger partial charge in [-0.1, -0.05) is 0 Å². The number of nitrogens with one attached hydrogen (secondary N) is 1. The molecule has 0 saturated carbocycles. The molecular formula is C11H20FNO2. The van der Waals surface area contributed by atoms with Gasteiger partial charge in [0.25, 0.3) is 0 Å². The third-order valence-corrected chi connectivity index (χ3v) is 3.42. The van der Waals surface area contributed by atoms with Gasteiger partial charge in [-0.15, -0.1) is 0 Å². The second-order valence-electron chi connectivity index (χ2n) is 4.77. The largest absolute Gasteiger partial charge is 0.381 e. The Hall–Kier alpha value is -0.190. The van der Waals surface area contributed by atoms with Gasteiger partial charge in [-0.25, -0.2) is 4.39 Å². The molecule has 15 heavy (non-hydrogen) atoms. The molecule has 3 nitrogen and oxygen atoms in total. The lowest BCUT2D eigenvalue weighted by molar-refractivity contribution is 0.0224. The number of hydrogen-bond donors (Lipinski definition) is 1. The van der Waals surface area contributed by atoms with Crippen LogP contribution in [0.2, 0.25) is 0 Å². The van der Waals surface area contributed by atoms with Gasteiger partial charge in [0.15, 0.2) is 0 Å². The molecule has 0 amide bonds. The van der Waals surface area contributed by atoms with Gasteiger partial charge in [0.1, 0.15) is 5.67 Å². The highest BCUT2D eigenvalue weighted by molar-refractivity contribution is 4.89. The fourth-order valence-corrected chi connectivity index (χ4v) is 2.41. The minimum Gasteiger partial charge on any atom is -0.381 e. The smallest absolute Gasteiger partial charge is 0.114 e. The lowest BCUT2D eigenvalue weighted by Gasteiger charge is -2.32. The first-order valence-corrected chi connectivity index (χ1v) is 5.76. The van der Waals surface area contributed by atoms with Crippen LogP contribution in [-0.4, -0.2) is 44.7 Å². The molecule has 0 aromatic carbocycles. The fraction of sp³-hybridized carbons (Fsp3) is 1.00. The molecule has 2 saturated heterocycles. The van der Waals surface area contributed by atoms with E-state index in [4.69, 9.17) is 9.47 Å². The standard InChI is InChI=1S/C11H20FNO2/c1-11(12,9-2-4-14-7-9)6-10-8-15-5-3-13-10/h9-10,13H,2-8H2,1H3. The van der Waals surface area contributed by atoms with Crippen LogP contribution in [0.4, 0.5) is 4.39 Å². The Kier molecular flexibility index (Phi) is 3.59. The number of alkyl halides is 1. The number of hydrogen-bond acceptors (Lipinski definition) is 3. The number of rotatable bonds is 3. The van der Waals surface area contributed by atoms with Crippen LogP contribution >= 0.6 is 0 Å². The quantitative estimate of drug-likeness (QED) is 0.768. The van der Waals surface area contributed by atoms with Crippen molar-refractivity contribution in [3.63, 3.8) is 0 Å². The van der Waals surface area contributed by atoms with E-state index in [1.807, 2.05) is 0 Å². The summed E-state index contributed by atoms with van der Waals surface area (Å²) in [4.78, 5) is 0. The van der Waals surface area contributed by atoms with Crippen LogP contribution < -0.4 is 5.32 Å². The predicted molar refractivity (Wildman–Crippen MR) is 55.7 cm³/mol. The highest BCUT2D eigenvalue weighted by atomic mass is 19.1. The topological polar surface area (TPSA) is 30.5 Å². The van der Waals surface area contributed by atoms with E-state index in [9.17, 15) is 4.39 Å². The van der Waals surface area contributed by atoms with Crippen LogP contribution in [0, 0.1) is 5.92 Å². The monoisotopic (exact) mass is 217 g/mol. The fourth-order valence-electron chi connectivity index (χ4n) is 2.41. The van der Waals surface area contributed by atoms with Crippen LogP contribution in [0.25, 0.3) is 0 Å². The summed E-state index contributed by atoms with van der Waals surface area (Å²) >= 11 is 0. The molecular weight excluding hydrogens is 197 g/mol. The Morgan fingerprint density at radius 1 is 1.33 bits per heavy atom. The Balaban J connectivity index is 1.84. The van der Waals surface area contributed by atoms with Gasteiger partial charge in [0.05, 0.1) is 19.8 Å². The lowest BCUT2D eigenvalue weighted by Crippen LogP contribution is -2.46. The average molecular weight is 217 g/mol. The van der Waals surface area contributed by atoms with Crippen LogP contribution in [0.15, 0.2) is 0 Å². The summed E-state index contributed by atoms with van der Waals surface area (Å²) in [5.74, 6) is 0.0567. The lowest BCUT2D eigenvalue weighted by atomic mass is 9.85. The van der Waals surface area contributed by atoms with Crippen LogP contribution in [0.3, 0.4) is 0 Å². The van der Waals surface area contributed by atoms with E-state index in [2.05, 4.69) is 5.32 Å². The van der Waals surface area contributed by atoms with Gasteiger partial charge in [-0.2, -0.15) is 0 Å². The highest BCUT2D eigenvalue weighted by Gasteiger charge is 2.39. The summed E-state index contributed by atoms with van der Waals surface area (Å²) in [5.41, 5.74) is -1.13. The van der Waals surface area contributed by atoms with Gasteiger partial charge in [0.2, 0.25) is 0 Å². The van der Waals surface area contributed by atoms with Crippen molar-refractivity contribution in [1.29, 1.82) is 0 Å². The normalized spacial score (nSPS) is 36.4. The molecule has 0 aromatic heterocycles. The molecule has 2 rings (SSSR count). The van der Waals surface area contributed by atoms with Crippen molar-refractivity contribution in [2.24, 2.45) is 5.92 Å². The molecule has 0 radical (unpaired) electrons. The molecule has 0 spiro atoms. The van der Waals surface area contributed by atoms with Crippen molar-refractivity contribution in [2.45, 2.75) is 31.5 Å². The van der Waals surface area contributed by atoms with Gasteiger partial charge < -0.3 is 14.8 Å². The number of ether oxygens (including phenoxy) is 2. The van der Waals surface area contributed by atoms with Crippen LogP contribution in [0.5, 0.6) is 0 Å². The van der Waals surface area contributed by atoms with E-state index in [-0.39, 0.29) is 12.0 Å². The first-order valence-electron chi connectivity index (χ1n) is 5.76. The Bertz CT molecular complexity index is 199. The first kappa shape index (κ1) is 11.3. The minimum atomic E-state index is -1.13. The van der Waals surface area contributed by atoms with Crippen molar-refractivity contribution < 1.29 is 13.9 Å². The number of halogens is 1. The molecule has 0 aliphatic carbocycles. The van der Waals surface area contributed by atoms with Gasteiger partial charge in [0, 0.05) is 25.1 Å².